The third-order valence-corrected chi connectivity index (χ3v) is 6.68. The molecule has 1 saturated carbocycles. The molecule has 0 saturated heterocycles. The van der Waals surface area contributed by atoms with Crippen molar-refractivity contribution in [2.24, 2.45) is 29.1 Å². The van der Waals surface area contributed by atoms with Gasteiger partial charge in [0, 0.05) is 11.5 Å². The van der Waals surface area contributed by atoms with E-state index in [1.165, 1.54) is 14.2 Å². The zero-order valence-corrected chi connectivity index (χ0v) is 15.1. The summed E-state index contributed by atoms with van der Waals surface area (Å²) >= 11 is 0. The van der Waals surface area contributed by atoms with Gasteiger partial charge in [-0.25, -0.2) is 0 Å². The monoisotopic (exact) mass is 354 g/mol. The quantitative estimate of drug-likeness (QED) is 0.617. The Labute approximate surface area is 152 Å². The Bertz CT molecular complexity index is 825. The van der Waals surface area contributed by atoms with E-state index in [4.69, 9.17) is 9.47 Å². The first-order valence-electron chi connectivity index (χ1n) is 8.96. The Morgan fingerprint density at radius 2 is 1.85 bits per heavy atom. The first-order chi connectivity index (χ1) is 12.5. The van der Waals surface area contributed by atoms with Gasteiger partial charge in [0.1, 0.15) is 0 Å². The topological polar surface area (TPSA) is 69.7 Å². The van der Waals surface area contributed by atoms with Gasteiger partial charge in [-0.1, -0.05) is 43.3 Å². The van der Waals surface area contributed by atoms with Crippen LogP contribution < -0.4 is 0 Å². The minimum atomic E-state index is -1.21. The van der Waals surface area contributed by atoms with Crippen LogP contribution in [0.3, 0.4) is 0 Å². The van der Waals surface area contributed by atoms with Crippen molar-refractivity contribution in [2.75, 3.05) is 14.2 Å². The first-order valence-corrected chi connectivity index (χ1v) is 8.96. The number of hydrogen-bond donors (Lipinski definition) is 0. The van der Waals surface area contributed by atoms with Gasteiger partial charge >= 0.3 is 11.9 Å². The van der Waals surface area contributed by atoms with Gasteiger partial charge in [-0.3, -0.25) is 14.4 Å². The van der Waals surface area contributed by atoms with Gasteiger partial charge in [-0.2, -0.15) is 0 Å². The van der Waals surface area contributed by atoms with Crippen LogP contribution in [0.5, 0.6) is 0 Å². The number of methoxy groups -OCH3 is 2. The maximum absolute atomic E-state index is 13.4. The highest BCUT2D eigenvalue weighted by molar-refractivity contribution is 6.07. The molecule has 0 aliphatic heterocycles. The molecule has 0 heterocycles. The number of esters is 2. The maximum Gasteiger partial charge on any atom is 0.314 e. The number of carbonyl (C=O) groups is 3. The van der Waals surface area contributed by atoms with Crippen LogP contribution in [0.1, 0.15) is 35.2 Å². The van der Waals surface area contributed by atoms with Gasteiger partial charge in [0.25, 0.3) is 0 Å². The van der Waals surface area contributed by atoms with Gasteiger partial charge in [0.2, 0.25) is 0 Å². The van der Waals surface area contributed by atoms with Gasteiger partial charge < -0.3 is 9.47 Å². The highest BCUT2D eigenvalue weighted by Gasteiger charge is 2.70. The average molecular weight is 354 g/mol. The highest BCUT2D eigenvalue weighted by atomic mass is 16.5. The van der Waals surface area contributed by atoms with Gasteiger partial charge in [-0.15, -0.1) is 0 Å². The van der Waals surface area contributed by atoms with E-state index in [0.29, 0.717) is 12.0 Å². The lowest BCUT2D eigenvalue weighted by atomic mass is 9.57. The summed E-state index contributed by atoms with van der Waals surface area (Å²) in [5.74, 6) is -2.79. The van der Waals surface area contributed by atoms with Crippen LogP contribution >= 0.6 is 0 Å². The molecular formula is C21H22O5. The molecule has 0 radical (unpaired) electrons. The molecule has 0 N–H and O–H groups in total. The molecule has 5 heteroatoms. The van der Waals surface area contributed by atoms with E-state index in [2.05, 4.69) is 0 Å². The lowest BCUT2D eigenvalue weighted by Crippen LogP contribution is -2.54. The van der Waals surface area contributed by atoms with Crippen molar-refractivity contribution in [2.45, 2.75) is 19.3 Å². The molecule has 0 amide bonds. The fourth-order valence-electron chi connectivity index (χ4n) is 5.74. The van der Waals surface area contributed by atoms with Gasteiger partial charge in [-0.05, 0) is 29.7 Å². The summed E-state index contributed by atoms with van der Waals surface area (Å²) in [6.45, 7) is 1.96. The number of rotatable bonds is 3. The van der Waals surface area contributed by atoms with Crippen LogP contribution in [0.4, 0.5) is 0 Å². The Balaban J connectivity index is 1.92. The van der Waals surface area contributed by atoms with Crippen molar-refractivity contribution in [3.05, 3.63) is 47.5 Å². The highest BCUT2D eigenvalue weighted by Crippen LogP contribution is 2.65. The minimum absolute atomic E-state index is 0.0756. The molecule has 1 fully saturated rings. The predicted octanol–water partition coefficient (Wildman–Crippen LogP) is 2.76. The molecule has 5 nitrogen and oxygen atoms in total. The van der Waals surface area contributed by atoms with E-state index in [-0.39, 0.29) is 23.5 Å². The van der Waals surface area contributed by atoms with Crippen molar-refractivity contribution in [1.82, 2.24) is 0 Å². The molecule has 0 aromatic heterocycles. The summed E-state index contributed by atoms with van der Waals surface area (Å²) in [6, 6.07) is 7.46. The van der Waals surface area contributed by atoms with E-state index >= 15 is 0 Å². The standard InChI is InChI=1S/C21H22O5/c1-11-14-6-4-5-7-15(14)18(22)16(11)21(20(24)26-3)13-9-8-12(10-13)17(21)19(23)25-2/h4-9,11-13,16-17H,10H2,1-3H3/t11?,12-,13+,16?,17-,21-/m0/s1. The van der Waals surface area contributed by atoms with Crippen molar-refractivity contribution in [3.63, 3.8) is 0 Å². The Morgan fingerprint density at radius 3 is 2.50 bits per heavy atom. The van der Waals surface area contributed by atoms with E-state index < -0.39 is 29.2 Å². The summed E-state index contributed by atoms with van der Waals surface area (Å²) in [6.07, 6.45) is 4.62. The fraction of sp³-hybridized carbons (Fsp3) is 0.476. The van der Waals surface area contributed by atoms with Crippen LogP contribution in [0, 0.1) is 29.1 Å². The normalized spacial score (nSPS) is 36.9. The van der Waals surface area contributed by atoms with E-state index in [0.717, 1.165) is 5.56 Å². The van der Waals surface area contributed by atoms with Gasteiger partial charge in [0.05, 0.1) is 25.6 Å². The lowest BCUT2D eigenvalue weighted by Gasteiger charge is -2.43. The summed E-state index contributed by atoms with van der Waals surface area (Å²) in [7, 11) is 2.65. The summed E-state index contributed by atoms with van der Waals surface area (Å²) < 4.78 is 10.2. The third kappa shape index (κ3) is 1.89. The molecule has 3 aliphatic rings. The molecule has 2 bridgehead atoms. The smallest absolute Gasteiger partial charge is 0.314 e. The summed E-state index contributed by atoms with van der Waals surface area (Å²) in [4.78, 5) is 39.2. The van der Waals surface area contributed by atoms with Gasteiger partial charge in [0.15, 0.2) is 5.78 Å². The predicted molar refractivity (Wildman–Crippen MR) is 93.4 cm³/mol. The summed E-state index contributed by atoms with van der Waals surface area (Å²) in [5.41, 5.74) is 0.362. The zero-order chi connectivity index (χ0) is 18.6. The fourth-order valence-corrected chi connectivity index (χ4v) is 5.74. The maximum atomic E-state index is 13.4. The number of ether oxygens (including phenoxy) is 2. The minimum Gasteiger partial charge on any atom is -0.469 e. The Kier molecular flexibility index (Phi) is 3.79. The molecule has 0 spiro atoms. The molecule has 1 aromatic carbocycles. The van der Waals surface area contributed by atoms with Crippen LogP contribution in [0.15, 0.2) is 36.4 Å². The van der Waals surface area contributed by atoms with Crippen molar-refractivity contribution >= 4 is 17.7 Å². The van der Waals surface area contributed by atoms with E-state index in [1.807, 2.05) is 37.3 Å². The Hall–Kier alpha value is -2.43. The molecule has 4 rings (SSSR count). The molecule has 2 unspecified atom stereocenters. The molecule has 136 valence electrons. The number of Topliss-reactive ketones (excluding diaryl/α,β-unsaturated/α-hetero) is 1. The van der Waals surface area contributed by atoms with Crippen LogP contribution in [0.2, 0.25) is 0 Å². The molecule has 1 aromatic rings. The second-order valence-electron chi connectivity index (χ2n) is 7.53. The molecular weight excluding hydrogens is 332 g/mol. The number of ketones is 1. The lowest BCUT2D eigenvalue weighted by molar-refractivity contribution is -0.172. The molecule has 3 aliphatic carbocycles. The SMILES string of the molecule is COC(=O)[C@@H]1[C@H]2C=C[C@H](C2)[C@]1(C(=O)OC)C1C(=O)c2ccccc2C1C. The molecule has 26 heavy (non-hydrogen) atoms. The van der Waals surface area contributed by atoms with Crippen LogP contribution in [-0.2, 0) is 19.1 Å². The second-order valence-corrected chi connectivity index (χ2v) is 7.53. The molecule has 6 atom stereocenters. The third-order valence-electron chi connectivity index (χ3n) is 6.68. The number of allylic oxidation sites excluding steroid dienone is 2. The van der Waals surface area contributed by atoms with Crippen molar-refractivity contribution < 1.29 is 23.9 Å². The number of carbonyl (C=O) groups excluding carboxylic acids is 3. The first kappa shape index (κ1) is 17.0. The number of hydrogen-bond acceptors (Lipinski definition) is 5. The number of benzene rings is 1. The number of fused-ring (bicyclic) bond motifs is 3. The second kappa shape index (κ2) is 5.79. The van der Waals surface area contributed by atoms with Crippen molar-refractivity contribution in [3.8, 4) is 0 Å². The zero-order valence-electron chi connectivity index (χ0n) is 15.1. The largest absolute Gasteiger partial charge is 0.469 e. The average Bonchev–Trinajstić information content (AvgIpc) is 3.33. The van der Waals surface area contributed by atoms with E-state index in [1.54, 1.807) is 6.07 Å². The van der Waals surface area contributed by atoms with Crippen LogP contribution in [-0.4, -0.2) is 31.9 Å². The summed E-state index contributed by atoms with van der Waals surface area (Å²) in [5, 5.41) is 0. The van der Waals surface area contributed by atoms with E-state index in [9.17, 15) is 14.4 Å². The Morgan fingerprint density at radius 1 is 1.12 bits per heavy atom. The van der Waals surface area contributed by atoms with Crippen LogP contribution in [0.25, 0.3) is 0 Å². The van der Waals surface area contributed by atoms with Crippen molar-refractivity contribution in [1.29, 1.82) is 0 Å².